The third-order valence-electron chi connectivity index (χ3n) is 5.93. The Bertz CT molecular complexity index is 1090. The molecule has 3 aromatic heterocycles. The summed E-state index contributed by atoms with van der Waals surface area (Å²) in [6.45, 7) is 8.18. The van der Waals surface area contributed by atoms with Crippen LogP contribution >= 0.6 is 0 Å². The number of Topliss-reactive ketones (excluding diaryl/α,β-unsaturated/α-hetero) is 1. The number of carbonyl (C=O) groups excluding carboxylic acids is 1. The van der Waals surface area contributed by atoms with E-state index in [0.29, 0.717) is 18.2 Å². The molecular weight excluding hydrogens is 366 g/mol. The standard InChI is InChI=1S/C22H29N5O2/c1-12(19-14(3)24-26(5)15(19)4)9-17(28)11-29-18-10-13(2)20-21(16-7-8-16)25-27(6)22(20)23-18/h10,12,16H,7-9,11H2,1-6H3. The minimum absolute atomic E-state index is 0.0218. The van der Waals surface area contributed by atoms with Crippen LogP contribution in [-0.4, -0.2) is 36.9 Å². The number of hydrogen-bond acceptors (Lipinski definition) is 5. The molecule has 29 heavy (non-hydrogen) atoms. The van der Waals surface area contributed by atoms with E-state index in [0.717, 1.165) is 39.2 Å². The lowest BCUT2D eigenvalue weighted by atomic mass is 9.94. The molecule has 0 spiro atoms. The predicted molar refractivity (Wildman–Crippen MR) is 111 cm³/mol. The Morgan fingerprint density at radius 2 is 1.93 bits per heavy atom. The van der Waals surface area contributed by atoms with Gasteiger partial charge in [0.25, 0.3) is 0 Å². The molecule has 1 atom stereocenters. The molecule has 0 bridgehead atoms. The van der Waals surface area contributed by atoms with Gasteiger partial charge in [-0.15, -0.1) is 0 Å². The van der Waals surface area contributed by atoms with Crippen molar-refractivity contribution in [2.24, 2.45) is 14.1 Å². The maximum atomic E-state index is 12.5. The van der Waals surface area contributed by atoms with Gasteiger partial charge in [-0.2, -0.15) is 15.2 Å². The summed E-state index contributed by atoms with van der Waals surface area (Å²) in [5, 5.41) is 10.2. The van der Waals surface area contributed by atoms with Gasteiger partial charge in [-0.3, -0.25) is 14.2 Å². The molecular formula is C22H29N5O2. The zero-order chi connectivity index (χ0) is 20.9. The lowest BCUT2D eigenvalue weighted by molar-refractivity contribution is -0.121. The second-order valence-corrected chi connectivity index (χ2v) is 8.40. The Morgan fingerprint density at radius 1 is 1.21 bits per heavy atom. The Hall–Kier alpha value is -2.70. The van der Waals surface area contributed by atoms with Crippen LogP contribution in [0, 0.1) is 20.8 Å². The number of pyridine rings is 1. The predicted octanol–water partition coefficient (Wildman–Crippen LogP) is 3.65. The van der Waals surface area contributed by atoms with Crippen molar-refractivity contribution in [1.82, 2.24) is 24.5 Å². The van der Waals surface area contributed by atoms with Gasteiger partial charge in [-0.25, -0.2) is 0 Å². The molecule has 3 aromatic rings. The zero-order valence-corrected chi connectivity index (χ0v) is 18.1. The Kier molecular flexibility index (Phi) is 4.92. The van der Waals surface area contributed by atoms with Crippen LogP contribution in [0.15, 0.2) is 6.07 Å². The first-order valence-electron chi connectivity index (χ1n) is 10.2. The summed E-state index contributed by atoms with van der Waals surface area (Å²) in [6.07, 6.45) is 2.82. The number of hydrogen-bond donors (Lipinski definition) is 0. The van der Waals surface area contributed by atoms with Crippen LogP contribution in [0.3, 0.4) is 0 Å². The van der Waals surface area contributed by atoms with E-state index >= 15 is 0 Å². The summed E-state index contributed by atoms with van der Waals surface area (Å²) in [6, 6.07) is 1.92. The summed E-state index contributed by atoms with van der Waals surface area (Å²) in [5.74, 6) is 1.21. The number of aryl methyl sites for hydroxylation is 4. The quantitative estimate of drug-likeness (QED) is 0.610. The van der Waals surface area contributed by atoms with E-state index in [4.69, 9.17) is 4.74 Å². The normalized spacial score (nSPS) is 15.1. The summed E-state index contributed by atoms with van der Waals surface area (Å²) in [4.78, 5) is 17.2. The number of nitrogens with zero attached hydrogens (tertiary/aromatic N) is 5. The first-order chi connectivity index (χ1) is 13.8. The second-order valence-electron chi connectivity index (χ2n) is 8.40. The number of fused-ring (bicyclic) bond motifs is 1. The molecule has 0 aliphatic heterocycles. The Balaban J connectivity index is 1.45. The minimum Gasteiger partial charge on any atom is -0.470 e. The van der Waals surface area contributed by atoms with Gasteiger partial charge in [0.05, 0.1) is 11.4 Å². The fourth-order valence-corrected chi connectivity index (χ4v) is 4.31. The molecule has 4 rings (SSSR count). The maximum Gasteiger partial charge on any atom is 0.215 e. The number of ether oxygens (including phenoxy) is 1. The number of rotatable bonds is 7. The van der Waals surface area contributed by atoms with Crippen molar-refractivity contribution in [2.75, 3.05) is 6.61 Å². The molecule has 1 aliphatic carbocycles. The van der Waals surface area contributed by atoms with E-state index in [1.54, 1.807) is 0 Å². The molecule has 0 radical (unpaired) electrons. The minimum atomic E-state index is 0.0218. The Labute approximate surface area is 171 Å². The van der Waals surface area contributed by atoms with Gasteiger partial charge >= 0.3 is 0 Å². The van der Waals surface area contributed by atoms with Gasteiger partial charge in [0.2, 0.25) is 5.88 Å². The highest BCUT2D eigenvalue weighted by molar-refractivity contribution is 5.84. The molecule has 1 saturated carbocycles. The van der Waals surface area contributed by atoms with E-state index in [-0.39, 0.29) is 18.3 Å². The van der Waals surface area contributed by atoms with Crippen molar-refractivity contribution in [2.45, 2.75) is 58.8 Å². The monoisotopic (exact) mass is 395 g/mol. The smallest absolute Gasteiger partial charge is 0.215 e. The van der Waals surface area contributed by atoms with Crippen molar-refractivity contribution >= 4 is 16.8 Å². The van der Waals surface area contributed by atoms with E-state index < -0.39 is 0 Å². The maximum absolute atomic E-state index is 12.5. The molecule has 1 fully saturated rings. The summed E-state index contributed by atoms with van der Waals surface area (Å²) >= 11 is 0. The molecule has 154 valence electrons. The van der Waals surface area contributed by atoms with Crippen LogP contribution in [0.25, 0.3) is 11.0 Å². The van der Waals surface area contributed by atoms with Crippen molar-refractivity contribution in [3.8, 4) is 5.88 Å². The fraction of sp³-hybridized carbons (Fsp3) is 0.545. The van der Waals surface area contributed by atoms with Crippen LogP contribution in [0.5, 0.6) is 5.88 Å². The molecule has 0 aromatic carbocycles. The molecule has 0 amide bonds. The number of carbonyl (C=O) groups is 1. The van der Waals surface area contributed by atoms with Gasteiger partial charge in [0.15, 0.2) is 11.4 Å². The zero-order valence-electron chi connectivity index (χ0n) is 18.1. The van der Waals surface area contributed by atoms with Crippen molar-refractivity contribution in [3.05, 3.63) is 34.3 Å². The average molecular weight is 396 g/mol. The summed E-state index contributed by atoms with van der Waals surface area (Å²) in [7, 11) is 3.84. The molecule has 1 unspecified atom stereocenters. The molecule has 3 heterocycles. The van der Waals surface area contributed by atoms with Crippen LogP contribution < -0.4 is 4.74 Å². The van der Waals surface area contributed by atoms with E-state index in [1.807, 2.05) is 43.4 Å². The van der Waals surface area contributed by atoms with Crippen LogP contribution in [-0.2, 0) is 18.9 Å². The first kappa shape index (κ1) is 19.6. The lowest BCUT2D eigenvalue weighted by Crippen LogP contribution is -2.15. The van der Waals surface area contributed by atoms with Gasteiger partial charge in [-0.05, 0) is 50.7 Å². The van der Waals surface area contributed by atoms with Crippen LogP contribution in [0.2, 0.25) is 0 Å². The molecule has 0 N–H and O–H groups in total. The van der Waals surface area contributed by atoms with Crippen molar-refractivity contribution in [1.29, 1.82) is 0 Å². The van der Waals surface area contributed by atoms with E-state index in [9.17, 15) is 4.79 Å². The SMILES string of the molecule is Cc1nn(C)c(C)c1C(C)CC(=O)COc1cc(C)c2c(C3CC3)nn(C)c2n1. The van der Waals surface area contributed by atoms with Gasteiger partial charge < -0.3 is 4.74 Å². The van der Waals surface area contributed by atoms with Gasteiger partial charge in [0, 0.05) is 43.6 Å². The van der Waals surface area contributed by atoms with Gasteiger partial charge in [-0.1, -0.05) is 6.92 Å². The average Bonchev–Trinajstić information content (AvgIpc) is 3.39. The third kappa shape index (κ3) is 3.66. The van der Waals surface area contributed by atoms with E-state index in [2.05, 4.69) is 29.0 Å². The molecule has 7 heteroatoms. The van der Waals surface area contributed by atoms with Crippen LogP contribution in [0.1, 0.15) is 66.2 Å². The van der Waals surface area contributed by atoms with Gasteiger partial charge in [0.1, 0.15) is 6.61 Å². The van der Waals surface area contributed by atoms with Crippen LogP contribution in [0.4, 0.5) is 0 Å². The highest BCUT2D eigenvalue weighted by atomic mass is 16.5. The molecule has 7 nitrogen and oxygen atoms in total. The van der Waals surface area contributed by atoms with Crippen molar-refractivity contribution < 1.29 is 9.53 Å². The number of aromatic nitrogens is 5. The molecule has 1 aliphatic rings. The van der Waals surface area contributed by atoms with E-state index in [1.165, 1.54) is 12.8 Å². The third-order valence-corrected chi connectivity index (χ3v) is 5.93. The van der Waals surface area contributed by atoms with Crippen molar-refractivity contribution in [3.63, 3.8) is 0 Å². The second kappa shape index (κ2) is 7.28. The largest absolute Gasteiger partial charge is 0.470 e. The number of ketones is 1. The lowest BCUT2D eigenvalue weighted by Gasteiger charge is -2.12. The highest BCUT2D eigenvalue weighted by Crippen LogP contribution is 2.43. The molecule has 0 saturated heterocycles. The first-order valence-corrected chi connectivity index (χ1v) is 10.2. The topological polar surface area (TPSA) is 74.8 Å². The summed E-state index contributed by atoms with van der Waals surface area (Å²) < 4.78 is 9.47. The Morgan fingerprint density at radius 3 is 2.55 bits per heavy atom. The fourth-order valence-electron chi connectivity index (χ4n) is 4.31. The summed E-state index contributed by atoms with van der Waals surface area (Å²) in [5.41, 5.74) is 6.31. The highest BCUT2D eigenvalue weighted by Gasteiger charge is 2.30.